The Morgan fingerprint density at radius 2 is 1.74 bits per heavy atom. The summed E-state index contributed by atoms with van der Waals surface area (Å²) in [6.45, 7) is 1.16. The third-order valence-corrected chi connectivity index (χ3v) is 5.74. The number of urea groups is 1. The minimum absolute atomic E-state index is 0.0571. The minimum Gasteiger partial charge on any atom is -0.493 e. The molecule has 2 heterocycles. The summed E-state index contributed by atoms with van der Waals surface area (Å²) in [5, 5.41) is 2.65. The quantitative estimate of drug-likeness (QED) is 0.719. The lowest BCUT2D eigenvalue weighted by molar-refractivity contribution is -0.136. The number of imide groups is 1. The molecule has 2 aromatic rings. The van der Waals surface area contributed by atoms with E-state index in [9.17, 15) is 14.4 Å². The molecule has 162 valence electrons. The van der Waals surface area contributed by atoms with E-state index in [2.05, 4.69) is 5.32 Å². The van der Waals surface area contributed by atoms with Crippen molar-refractivity contribution in [3.05, 3.63) is 59.2 Å². The van der Waals surface area contributed by atoms with Crippen molar-refractivity contribution in [3.8, 4) is 11.5 Å². The average Bonchev–Trinajstić information content (AvgIpc) is 3.05. The summed E-state index contributed by atoms with van der Waals surface area (Å²) in [5.74, 6) is 0.746. The minimum atomic E-state index is -0.837. The molecule has 1 unspecified atom stereocenters. The molecule has 0 aromatic heterocycles. The molecule has 0 saturated carbocycles. The van der Waals surface area contributed by atoms with Crippen molar-refractivity contribution in [2.45, 2.75) is 32.0 Å². The predicted molar refractivity (Wildman–Crippen MR) is 113 cm³/mol. The maximum absolute atomic E-state index is 12.9. The maximum atomic E-state index is 12.9. The highest BCUT2D eigenvalue weighted by Crippen LogP contribution is 2.33. The van der Waals surface area contributed by atoms with Gasteiger partial charge in [-0.15, -0.1) is 0 Å². The number of methoxy groups -OCH3 is 2. The Balaban J connectivity index is 1.41. The summed E-state index contributed by atoms with van der Waals surface area (Å²) in [6, 6.07) is 11.8. The molecule has 0 radical (unpaired) electrons. The second-order valence-electron chi connectivity index (χ2n) is 7.66. The molecule has 0 bridgehead atoms. The molecule has 4 rings (SSSR count). The topological polar surface area (TPSA) is 88.2 Å². The number of amides is 4. The number of carbonyl (C=O) groups is 3. The number of benzene rings is 2. The normalized spacial score (nSPS) is 17.9. The van der Waals surface area contributed by atoms with Gasteiger partial charge in [-0.2, -0.15) is 0 Å². The van der Waals surface area contributed by atoms with Crippen LogP contribution in [0.1, 0.15) is 23.1 Å². The van der Waals surface area contributed by atoms with Gasteiger partial charge in [0, 0.05) is 13.1 Å². The van der Waals surface area contributed by atoms with Crippen LogP contribution in [-0.2, 0) is 29.1 Å². The average molecular weight is 423 g/mol. The van der Waals surface area contributed by atoms with Crippen LogP contribution in [0.4, 0.5) is 4.79 Å². The molecule has 2 aliphatic heterocycles. The summed E-state index contributed by atoms with van der Waals surface area (Å²) in [5.41, 5.74) is 2.96. The maximum Gasteiger partial charge on any atom is 0.325 e. The molecule has 8 heteroatoms. The van der Waals surface area contributed by atoms with Crippen LogP contribution < -0.4 is 14.8 Å². The van der Waals surface area contributed by atoms with Crippen LogP contribution >= 0.6 is 0 Å². The Kier molecular flexibility index (Phi) is 5.79. The number of fused-ring (bicyclic) bond motifs is 1. The van der Waals surface area contributed by atoms with Gasteiger partial charge in [0.15, 0.2) is 11.5 Å². The molecule has 31 heavy (non-hydrogen) atoms. The van der Waals surface area contributed by atoms with Crippen LogP contribution in [0.15, 0.2) is 42.5 Å². The second kappa shape index (κ2) is 8.67. The standard InChI is InChI=1S/C23H25N3O5/c1-30-19-10-16-8-9-25(14-17(16)11-20(19)31-2)21(27)12-18-22(28)26(23(29)24-18)13-15-6-4-3-5-7-15/h3-7,10-11,18H,8-9,12-14H2,1-2H3,(H,24,29). The van der Waals surface area contributed by atoms with Crippen LogP contribution in [0.3, 0.4) is 0 Å². The number of nitrogens with one attached hydrogen (secondary N) is 1. The first kappa shape index (κ1) is 20.7. The highest BCUT2D eigenvalue weighted by atomic mass is 16.5. The van der Waals surface area contributed by atoms with Crippen molar-refractivity contribution in [1.29, 1.82) is 0 Å². The van der Waals surface area contributed by atoms with E-state index in [1.54, 1.807) is 19.1 Å². The largest absolute Gasteiger partial charge is 0.493 e. The second-order valence-corrected chi connectivity index (χ2v) is 7.66. The monoisotopic (exact) mass is 423 g/mol. The Morgan fingerprint density at radius 1 is 1.06 bits per heavy atom. The lowest BCUT2D eigenvalue weighted by atomic mass is 9.98. The first-order chi connectivity index (χ1) is 15.0. The van der Waals surface area contributed by atoms with Gasteiger partial charge in [-0.1, -0.05) is 30.3 Å². The fraction of sp³-hybridized carbons (Fsp3) is 0.348. The fourth-order valence-electron chi connectivity index (χ4n) is 4.03. The van der Waals surface area contributed by atoms with E-state index < -0.39 is 12.1 Å². The van der Waals surface area contributed by atoms with Crippen LogP contribution in [0, 0.1) is 0 Å². The van der Waals surface area contributed by atoms with Crippen molar-refractivity contribution >= 4 is 17.8 Å². The lowest BCUT2D eigenvalue weighted by Gasteiger charge is -2.30. The van der Waals surface area contributed by atoms with Crippen molar-refractivity contribution in [1.82, 2.24) is 15.1 Å². The molecule has 2 aliphatic rings. The predicted octanol–water partition coefficient (Wildman–Crippen LogP) is 2.10. The fourth-order valence-corrected chi connectivity index (χ4v) is 4.03. The van der Waals surface area contributed by atoms with Gasteiger partial charge in [0.25, 0.3) is 5.91 Å². The Bertz CT molecular complexity index is 1010. The molecule has 4 amide bonds. The Hall–Kier alpha value is -3.55. The van der Waals surface area contributed by atoms with Gasteiger partial charge in [0.1, 0.15) is 6.04 Å². The van der Waals surface area contributed by atoms with E-state index in [4.69, 9.17) is 9.47 Å². The summed E-state index contributed by atoms with van der Waals surface area (Å²) >= 11 is 0. The van der Waals surface area contributed by atoms with Gasteiger partial charge in [-0.25, -0.2) is 4.79 Å². The van der Waals surface area contributed by atoms with Crippen molar-refractivity contribution in [3.63, 3.8) is 0 Å². The zero-order valence-electron chi connectivity index (χ0n) is 17.6. The van der Waals surface area contributed by atoms with Gasteiger partial charge >= 0.3 is 6.03 Å². The zero-order valence-corrected chi connectivity index (χ0v) is 17.6. The molecule has 2 aromatic carbocycles. The van der Waals surface area contributed by atoms with E-state index in [1.165, 1.54) is 0 Å². The molecule has 0 aliphatic carbocycles. The van der Waals surface area contributed by atoms with E-state index in [0.29, 0.717) is 31.0 Å². The smallest absolute Gasteiger partial charge is 0.325 e. The first-order valence-electron chi connectivity index (χ1n) is 10.2. The molecule has 1 saturated heterocycles. The number of carbonyl (C=O) groups excluding carboxylic acids is 3. The highest BCUT2D eigenvalue weighted by molar-refractivity contribution is 6.05. The van der Waals surface area contributed by atoms with E-state index in [-0.39, 0.29) is 24.8 Å². The zero-order chi connectivity index (χ0) is 22.0. The summed E-state index contributed by atoms with van der Waals surface area (Å²) < 4.78 is 10.7. The SMILES string of the molecule is COc1cc2c(cc1OC)CN(C(=O)CC1NC(=O)N(Cc3ccccc3)C1=O)CC2. The molecule has 0 spiro atoms. The van der Waals surface area contributed by atoms with Crippen molar-refractivity contribution in [2.24, 2.45) is 0 Å². The van der Waals surface area contributed by atoms with E-state index in [0.717, 1.165) is 21.6 Å². The number of rotatable bonds is 6. The molecular formula is C23H25N3O5. The van der Waals surface area contributed by atoms with Crippen molar-refractivity contribution in [2.75, 3.05) is 20.8 Å². The van der Waals surface area contributed by atoms with Gasteiger partial charge in [0.2, 0.25) is 5.91 Å². The Labute approximate surface area is 180 Å². The molecule has 1 fully saturated rings. The highest BCUT2D eigenvalue weighted by Gasteiger charge is 2.40. The number of ether oxygens (including phenoxy) is 2. The summed E-state index contributed by atoms with van der Waals surface area (Å²) in [4.78, 5) is 40.8. The van der Waals surface area contributed by atoms with Crippen LogP contribution in [-0.4, -0.2) is 54.5 Å². The van der Waals surface area contributed by atoms with Gasteiger partial charge < -0.3 is 19.7 Å². The third-order valence-electron chi connectivity index (χ3n) is 5.74. The van der Waals surface area contributed by atoms with Gasteiger partial charge in [-0.3, -0.25) is 14.5 Å². The lowest BCUT2D eigenvalue weighted by Crippen LogP contribution is -2.41. The first-order valence-corrected chi connectivity index (χ1v) is 10.2. The number of hydrogen-bond donors (Lipinski definition) is 1. The van der Waals surface area contributed by atoms with Crippen LogP contribution in [0.5, 0.6) is 11.5 Å². The van der Waals surface area contributed by atoms with Crippen LogP contribution in [0.2, 0.25) is 0 Å². The summed E-state index contributed by atoms with van der Waals surface area (Å²) in [6.07, 6.45) is 0.630. The number of hydrogen-bond acceptors (Lipinski definition) is 5. The van der Waals surface area contributed by atoms with Gasteiger partial charge in [0.05, 0.1) is 27.2 Å². The summed E-state index contributed by atoms with van der Waals surface area (Å²) in [7, 11) is 3.17. The van der Waals surface area contributed by atoms with Crippen LogP contribution in [0.25, 0.3) is 0 Å². The molecule has 1 atom stereocenters. The van der Waals surface area contributed by atoms with E-state index in [1.807, 2.05) is 42.5 Å². The molecular weight excluding hydrogens is 398 g/mol. The van der Waals surface area contributed by atoms with Gasteiger partial charge in [-0.05, 0) is 35.2 Å². The van der Waals surface area contributed by atoms with E-state index >= 15 is 0 Å². The number of nitrogens with zero attached hydrogens (tertiary/aromatic N) is 2. The molecule has 8 nitrogen and oxygen atoms in total. The third kappa shape index (κ3) is 4.19. The Morgan fingerprint density at radius 3 is 2.42 bits per heavy atom. The molecule has 1 N–H and O–H groups in total. The van der Waals surface area contributed by atoms with Crippen molar-refractivity contribution < 1.29 is 23.9 Å².